The van der Waals surface area contributed by atoms with Crippen LogP contribution in [0.15, 0.2) is 12.1 Å². The van der Waals surface area contributed by atoms with Crippen molar-refractivity contribution in [2.75, 3.05) is 13.1 Å². The first-order valence-electron chi connectivity index (χ1n) is 4.61. The van der Waals surface area contributed by atoms with E-state index in [1.807, 2.05) is 0 Å². The molecule has 1 saturated heterocycles. The van der Waals surface area contributed by atoms with Gasteiger partial charge in [-0.1, -0.05) is 0 Å². The molecule has 1 aliphatic rings. The topological polar surface area (TPSA) is 72.7 Å². The molecule has 0 aromatic heterocycles. The van der Waals surface area contributed by atoms with Gasteiger partial charge in [0.05, 0.1) is 0 Å². The second kappa shape index (κ2) is 3.38. The summed E-state index contributed by atoms with van der Waals surface area (Å²) in [5, 5.41) is 31.2. The Bertz CT molecular complexity index is 324. The average molecular weight is 195 g/mol. The highest BCUT2D eigenvalue weighted by molar-refractivity contribution is 5.48. The van der Waals surface area contributed by atoms with Crippen LogP contribution in [0, 0.1) is 5.92 Å². The lowest BCUT2D eigenvalue weighted by Gasteiger charge is -2.27. The van der Waals surface area contributed by atoms with Gasteiger partial charge in [0.15, 0.2) is 0 Å². The molecule has 1 aromatic rings. The molecule has 0 radical (unpaired) electrons. The number of hydrogen-bond donors (Lipinski definition) is 4. The van der Waals surface area contributed by atoms with Gasteiger partial charge >= 0.3 is 0 Å². The second-order valence-corrected chi connectivity index (χ2v) is 3.69. The number of rotatable bonds is 2. The Balaban J connectivity index is 2.22. The third-order valence-electron chi connectivity index (χ3n) is 2.55. The van der Waals surface area contributed by atoms with Gasteiger partial charge in [0.2, 0.25) is 0 Å². The summed E-state index contributed by atoms with van der Waals surface area (Å²) >= 11 is 0. The molecule has 4 N–H and O–H groups in total. The Morgan fingerprint density at radius 3 is 2.14 bits per heavy atom. The van der Waals surface area contributed by atoms with Gasteiger partial charge in [-0.2, -0.15) is 0 Å². The molecule has 0 unspecified atom stereocenters. The van der Waals surface area contributed by atoms with Crippen molar-refractivity contribution >= 4 is 0 Å². The van der Waals surface area contributed by atoms with Crippen LogP contribution in [-0.2, 0) is 6.42 Å². The van der Waals surface area contributed by atoms with Crippen molar-refractivity contribution in [1.29, 1.82) is 0 Å². The Kier molecular flexibility index (Phi) is 2.21. The predicted molar refractivity (Wildman–Crippen MR) is 51.5 cm³/mol. The lowest BCUT2D eigenvalue weighted by Crippen LogP contribution is -2.43. The lowest BCUT2D eigenvalue weighted by atomic mass is 9.93. The van der Waals surface area contributed by atoms with Crippen molar-refractivity contribution < 1.29 is 15.3 Å². The van der Waals surface area contributed by atoms with E-state index in [1.165, 1.54) is 12.1 Å². The Morgan fingerprint density at radius 2 is 1.71 bits per heavy atom. The summed E-state index contributed by atoms with van der Waals surface area (Å²) < 4.78 is 0. The van der Waals surface area contributed by atoms with Gasteiger partial charge in [-0.15, -0.1) is 0 Å². The first-order valence-corrected chi connectivity index (χ1v) is 4.61. The predicted octanol–water partition coefficient (Wildman–Crippen LogP) is 0.565. The summed E-state index contributed by atoms with van der Waals surface area (Å²) in [5.41, 5.74) is 0.523. The summed E-state index contributed by atoms with van der Waals surface area (Å²) in [6.07, 6.45) is 0.644. The van der Waals surface area contributed by atoms with Crippen LogP contribution in [0.1, 0.15) is 5.56 Å². The molecule has 4 nitrogen and oxygen atoms in total. The van der Waals surface area contributed by atoms with Crippen molar-refractivity contribution in [2.45, 2.75) is 6.42 Å². The Morgan fingerprint density at radius 1 is 1.14 bits per heavy atom. The van der Waals surface area contributed by atoms with E-state index in [0.717, 1.165) is 13.1 Å². The molecule has 1 aromatic carbocycles. The molecule has 76 valence electrons. The fraction of sp³-hybridized carbons (Fsp3) is 0.400. The van der Waals surface area contributed by atoms with Crippen molar-refractivity contribution in [2.24, 2.45) is 5.92 Å². The van der Waals surface area contributed by atoms with Gasteiger partial charge in [-0.25, -0.2) is 0 Å². The summed E-state index contributed by atoms with van der Waals surface area (Å²) in [7, 11) is 0. The smallest absolute Gasteiger partial charge is 0.126 e. The van der Waals surface area contributed by atoms with Crippen molar-refractivity contribution in [3.05, 3.63) is 17.7 Å². The average Bonchev–Trinajstić information content (AvgIpc) is 1.98. The maximum atomic E-state index is 9.50. The molecule has 2 rings (SSSR count). The molecule has 0 amide bonds. The van der Waals surface area contributed by atoms with Gasteiger partial charge in [-0.3, -0.25) is 0 Å². The molecule has 14 heavy (non-hydrogen) atoms. The van der Waals surface area contributed by atoms with Crippen LogP contribution >= 0.6 is 0 Å². The lowest BCUT2D eigenvalue weighted by molar-refractivity contribution is 0.334. The summed E-state index contributed by atoms with van der Waals surface area (Å²) in [4.78, 5) is 0. The number of hydrogen-bond acceptors (Lipinski definition) is 4. The molecule has 0 bridgehead atoms. The van der Waals surface area contributed by atoms with Crippen LogP contribution in [0.5, 0.6) is 17.2 Å². The maximum absolute atomic E-state index is 9.50. The number of phenols is 3. The third-order valence-corrected chi connectivity index (χ3v) is 2.55. The monoisotopic (exact) mass is 195 g/mol. The van der Waals surface area contributed by atoms with E-state index in [0.29, 0.717) is 17.9 Å². The Labute approximate surface area is 81.8 Å². The number of aromatic hydroxyl groups is 3. The third kappa shape index (κ3) is 1.61. The molecule has 4 heteroatoms. The largest absolute Gasteiger partial charge is 0.508 e. The zero-order valence-corrected chi connectivity index (χ0v) is 7.70. The molecular formula is C10H13NO3. The van der Waals surface area contributed by atoms with E-state index in [4.69, 9.17) is 5.11 Å². The molecule has 0 spiro atoms. The van der Waals surface area contributed by atoms with E-state index in [-0.39, 0.29) is 17.2 Å². The van der Waals surface area contributed by atoms with Gasteiger partial charge in [0.25, 0.3) is 0 Å². The van der Waals surface area contributed by atoms with E-state index < -0.39 is 0 Å². The minimum Gasteiger partial charge on any atom is -0.508 e. The zero-order chi connectivity index (χ0) is 10.1. The highest BCUT2D eigenvalue weighted by atomic mass is 16.3. The second-order valence-electron chi connectivity index (χ2n) is 3.69. The standard InChI is InChI=1S/C10H13NO3/c12-7-2-9(13)8(10(14)3-7)1-6-4-11-5-6/h2-3,6,11-14H,1,4-5H2. The summed E-state index contributed by atoms with van der Waals surface area (Å²) in [6, 6.07) is 2.50. The van der Waals surface area contributed by atoms with Crippen LogP contribution in [0.3, 0.4) is 0 Å². The number of benzene rings is 1. The van der Waals surface area contributed by atoms with Crippen LogP contribution in [-0.4, -0.2) is 28.4 Å². The molecule has 1 fully saturated rings. The maximum Gasteiger partial charge on any atom is 0.126 e. The normalized spacial score (nSPS) is 16.6. The number of phenolic OH excluding ortho intramolecular Hbond substituents is 3. The Hall–Kier alpha value is -1.42. The molecule has 1 heterocycles. The van der Waals surface area contributed by atoms with Gasteiger partial charge in [0.1, 0.15) is 17.2 Å². The SMILES string of the molecule is Oc1cc(O)c(CC2CNC2)c(O)c1. The van der Waals surface area contributed by atoms with E-state index in [9.17, 15) is 10.2 Å². The highest BCUT2D eigenvalue weighted by Gasteiger charge is 2.20. The van der Waals surface area contributed by atoms with E-state index >= 15 is 0 Å². The summed E-state index contributed by atoms with van der Waals surface area (Å²) in [5.74, 6) is 0.288. The molecule has 0 saturated carbocycles. The van der Waals surface area contributed by atoms with Crippen LogP contribution in [0.4, 0.5) is 0 Å². The molecule has 0 atom stereocenters. The van der Waals surface area contributed by atoms with Crippen molar-refractivity contribution in [3.63, 3.8) is 0 Å². The zero-order valence-electron chi connectivity index (χ0n) is 7.70. The fourth-order valence-electron chi connectivity index (χ4n) is 1.62. The van der Waals surface area contributed by atoms with Gasteiger partial charge in [-0.05, 0) is 25.4 Å². The first-order chi connectivity index (χ1) is 6.66. The highest BCUT2D eigenvalue weighted by Crippen LogP contribution is 2.34. The number of nitrogens with one attached hydrogen (secondary N) is 1. The van der Waals surface area contributed by atoms with Gasteiger partial charge in [0, 0.05) is 17.7 Å². The minimum atomic E-state index is -0.115. The molecule has 1 aliphatic heterocycles. The first kappa shape index (κ1) is 9.15. The van der Waals surface area contributed by atoms with Crippen LogP contribution in [0.2, 0.25) is 0 Å². The molecule has 0 aliphatic carbocycles. The van der Waals surface area contributed by atoms with Crippen LogP contribution in [0.25, 0.3) is 0 Å². The van der Waals surface area contributed by atoms with E-state index in [1.54, 1.807) is 0 Å². The van der Waals surface area contributed by atoms with Crippen molar-refractivity contribution in [1.82, 2.24) is 5.32 Å². The fourth-order valence-corrected chi connectivity index (χ4v) is 1.62. The van der Waals surface area contributed by atoms with Gasteiger partial charge < -0.3 is 20.6 Å². The summed E-state index contributed by atoms with van der Waals surface area (Å²) in [6.45, 7) is 1.83. The van der Waals surface area contributed by atoms with Crippen LogP contribution < -0.4 is 5.32 Å². The van der Waals surface area contributed by atoms with Crippen molar-refractivity contribution in [3.8, 4) is 17.2 Å². The minimum absolute atomic E-state index is 0.0330. The van der Waals surface area contributed by atoms with E-state index in [2.05, 4.69) is 5.32 Å². The quantitative estimate of drug-likeness (QED) is 0.556. The molecular weight excluding hydrogens is 182 g/mol.